The molecule has 5 nitrogen and oxygen atoms in total. The molecule has 1 unspecified atom stereocenters. The summed E-state index contributed by atoms with van der Waals surface area (Å²) in [4.78, 5) is 23.4. The third-order valence-electron chi connectivity index (χ3n) is 4.11. The SMILES string of the molecule is COC(=O)CCC(Cc1cc(C)c(O)c(C(C)(C)C)c1)C(=O)OC. The van der Waals surface area contributed by atoms with E-state index in [9.17, 15) is 14.7 Å². The van der Waals surface area contributed by atoms with E-state index in [-0.39, 0.29) is 29.5 Å². The van der Waals surface area contributed by atoms with Gasteiger partial charge in [0.2, 0.25) is 0 Å². The lowest BCUT2D eigenvalue weighted by atomic mass is 9.82. The van der Waals surface area contributed by atoms with Crippen LogP contribution in [0.3, 0.4) is 0 Å². The van der Waals surface area contributed by atoms with Crippen molar-refractivity contribution in [3.8, 4) is 5.75 Å². The van der Waals surface area contributed by atoms with Crippen molar-refractivity contribution in [1.29, 1.82) is 0 Å². The molecule has 0 heterocycles. The predicted octanol–water partition coefficient (Wildman–Crippen LogP) is 3.28. The fourth-order valence-corrected chi connectivity index (χ4v) is 2.69. The summed E-state index contributed by atoms with van der Waals surface area (Å²) < 4.78 is 9.50. The number of hydrogen-bond acceptors (Lipinski definition) is 5. The number of rotatable bonds is 6. The maximum atomic E-state index is 12.0. The van der Waals surface area contributed by atoms with Crippen LogP contribution in [0, 0.1) is 12.8 Å². The zero-order chi connectivity index (χ0) is 18.5. The first-order valence-electron chi connectivity index (χ1n) is 8.07. The molecular weight excluding hydrogens is 308 g/mol. The Bertz CT molecular complexity index is 599. The number of phenolic OH excluding ortho intramolecular Hbond substituents is 1. The number of benzene rings is 1. The molecule has 0 aliphatic rings. The number of aromatic hydroxyl groups is 1. The summed E-state index contributed by atoms with van der Waals surface area (Å²) in [5.41, 5.74) is 2.34. The van der Waals surface area contributed by atoms with Crippen molar-refractivity contribution in [2.45, 2.75) is 52.4 Å². The number of aryl methyl sites for hydroxylation is 1. The Morgan fingerprint density at radius 1 is 1.17 bits per heavy atom. The van der Waals surface area contributed by atoms with Crippen LogP contribution in [-0.4, -0.2) is 31.3 Å². The molecule has 0 aliphatic carbocycles. The van der Waals surface area contributed by atoms with Gasteiger partial charge in [0.15, 0.2) is 0 Å². The molecule has 5 heteroatoms. The number of carbonyl (C=O) groups is 2. The number of phenols is 1. The lowest BCUT2D eigenvalue weighted by molar-refractivity contribution is -0.146. The predicted molar refractivity (Wildman–Crippen MR) is 92.0 cm³/mol. The van der Waals surface area contributed by atoms with Crippen LogP contribution in [-0.2, 0) is 30.9 Å². The molecule has 1 atom stereocenters. The van der Waals surface area contributed by atoms with Crippen LogP contribution in [0.2, 0.25) is 0 Å². The van der Waals surface area contributed by atoms with Crippen LogP contribution in [0.5, 0.6) is 5.75 Å². The number of methoxy groups -OCH3 is 2. The van der Waals surface area contributed by atoms with Gasteiger partial charge in [-0.3, -0.25) is 9.59 Å². The number of carbonyl (C=O) groups excluding carboxylic acids is 2. The molecule has 0 spiro atoms. The van der Waals surface area contributed by atoms with E-state index in [4.69, 9.17) is 4.74 Å². The highest BCUT2D eigenvalue weighted by molar-refractivity contribution is 5.74. The van der Waals surface area contributed by atoms with Gasteiger partial charge < -0.3 is 14.6 Å². The molecule has 1 rings (SSSR count). The highest BCUT2D eigenvalue weighted by Crippen LogP contribution is 2.34. The van der Waals surface area contributed by atoms with Gasteiger partial charge in [0.05, 0.1) is 20.1 Å². The molecule has 24 heavy (non-hydrogen) atoms. The molecule has 0 fully saturated rings. The molecule has 0 saturated heterocycles. The van der Waals surface area contributed by atoms with Gasteiger partial charge in [0, 0.05) is 6.42 Å². The van der Waals surface area contributed by atoms with E-state index in [1.165, 1.54) is 14.2 Å². The largest absolute Gasteiger partial charge is 0.507 e. The van der Waals surface area contributed by atoms with Gasteiger partial charge in [-0.1, -0.05) is 32.9 Å². The summed E-state index contributed by atoms with van der Waals surface area (Å²) in [7, 11) is 2.67. The molecule has 0 bridgehead atoms. The summed E-state index contributed by atoms with van der Waals surface area (Å²) in [5, 5.41) is 10.3. The number of ether oxygens (including phenoxy) is 2. The molecular formula is C19H28O5. The van der Waals surface area contributed by atoms with Crippen molar-refractivity contribution in [2.75, 3.05) is 14.2 Å². The zero-order valence-electron chi connectivity index (χ0n) is 15.4. The molecule has 134 valence electrons. The first-order valence-corrected chi connectivity index (χ1v) is 8.07. The van der Waals surface area contributed by atoms with E-state index in [1.807, 2.05) is 39.8 Å². The zero-order valence-corrected chi connectivity index (χ0v) is 15.4. The molecule has 0 saturated carbocycles. The van der Waals surface area contributed by atoms with Gasteiger partial charge in [0.1, 0.15) is 5.75 Å². The van der Waals surface area contributed by atoms with E-state index >= 15 is 0 Å². The fourth-order valence-electron chi connectivity index (χ4n) is 2.69. The van der Waals surface area contributed by atoms with Gasteiger partial charge in [-0.2, -0.15) is 0 Å². The van der Waals surface area contributed by atoms with Crippen LogP contribution < -0.4 is 0 Å². The second-order valence-electron chi connectivity index (χ2n) is 7.10. The number of hydrogen-bond donors (Lipinski definition) is 1. The Labute approximate surface area is 144 Å². The summed E-state index contributed by atoms with van der Waals surface area (Å²) in [5.74, 6) is -0.829. The van der Waals surface area contributed by atoms with E-state index in [1.54, 1.807) is 0 Å². The maximum absolute atomic E-state index is 12.0. The van der Waals surface area contributed by atoms with Crippen molar-refractivity contribution in [2.24, 2.45) is 5.92 Å². The molecule has 0 aromatic heterocycles. The van der Waals surface area contributed by atoms with Crippen molar-refractivity contribution in [1.82, 2.24) is 0 Å². The first-order chi connectivity index (χ1) is 11.1. The molecule has 1 N–H and O–H groups in total. The maximum Gasteiger partial charge on any atom is 0.309 e. The van der Waals surface area contributed by atoms with Crippen LogP contribution in [0.1, 0.15) is 50.3 Å². The molecule has 1 aromatic rings. The smallest absolute Gasteiger partial charge is 0.309 e. The van der Waals surface area contributed by atoms with Crippen LogP contribution in [0.25, 0.3) is 0 Å². The summed E-state index contributed by atoms with van der Waals surface area (Å²) in [6, 6.07) is 3.80. The minimum atomic E-state index is -0.425. The van der Waals surface area contributed by atoms with Gasteiger partial charge in [-0.25, -0.2) is 0 Å². The van der Waals surface area contributed by atoms with E-state index in [0.717, 1.165) is 16.7 Å². The second-order valence-corrected chi connectivity index (χ2v) is 7.10. The highest BCUT2D eigenvalue weighted by atomic mass is 16.5. The first kappa shape index (κ1) is 20.0. The third-order valence-corrected chi connectivity index (χ3v) is 4.11. The van der Waals surface area contributed by atoms with Crippen molar-refractivity contribution >= 4 is 11.9 Å². The minimum absolute atomic E-state index is 0.166. The van der Waals surface area contributed by atoms with Crippen LogP contribution >= 0.6 is 0 Å². The van der Waals surface area contributed by atoms with Crippen molar-refractivity contribution in [3.63, 3.8) is 0 Å². The summed E-state index contributed by atoms with van der Waals surface area (Å²) >= 11 is 0. The van der Waals surface area contributed by atoms with E-state index in [2.05, 4.69) is 4.74 Å². The third kappa shape index (κ3) is 5.25. The molecule has 0 aliphatic heterocycles. The quantitative estimate of drug-likeness (QED) is 0.807. The van der Waals surface area contributed by atoms with Gasteiger partial charge >= 0.3 is 11.9 Å². The normalized spacial score (nSPS) is 12.6. The molecule has 1 aromatic carbocycles. The second kappa shape index (κ2) is 8.18. The Hall–Kier alpha value is -2.04. The lowest BCUT2D eigenvalue weighted by Crippen LogP contribution is -2.21. The van der Waals surface area contributed by atoms with Crippen LogP contribution in [0.4, 0.5) is 0 Å². The Kier molecular flexibility index (Phi) is 6.81. The average Bonchev–Trinajstić information content (AvgIpc) is 2.52. The number of esters is 2. The average molecular weight is 336 g/mol. The molecule has 0 radical (unpaired) electrons. The van der Waals surface area contributed by atoms with Gasteiger partial charge in [-0.05, 0) is 41.9 Å². The molecule has 0 amide bonds. The van der Waals surface area contributed by atoms with Gasteiger partial charge in [0.25, 0.3) is 0 Å². The highest BCUT2D eigenvalue weighted by Gasteiger charge is 2.24. The van der Waals surface area contributed by atoms with E-state index in [0.29, 0.717) is 12.8 Å². The lowest BCUT2D eigenvalue weighted by Gasteiger charge is -2.23. The van der Waals surface area contributed by atoms with E-state index < -0.39 is 5.92 Å². The minimum Gasteiger partial charge on any atom is -0.507 e. The fraction of sp³-hybridized carbons (Fsp3) is 0.579. The summed E-state index contributed by atoms with van der Waals surface area (Å²) in [6.07, 6.45) is 0.984. The van der Waals surface area contributed by atoms with Crippen molar-refractivity contribution < 1.29 is 24.2 Å². The Balaban J connectivity index is 3.07. The Morgan fingerprint density at radius 3 is 2.29 bits per heavy atom. The standard InChI is InChI=1S/C19H28O5/c1-12-9-13(11-15(17(12)21)19(2,3)4)10-14(18(22)24-6)7-8-16(20)23-5/h9,11,14,21H,7-8,10H2,1-6H3. The summed E-state index contributed by atoms with van der Waals surface area (Å²) in [6.45, 7) is 7.93. The van der Waals surface area contributed by atoms with Gasteiger partial charge in [-0.15, -0.1) is 0 Å². The van der Waals surface area contributed by atoms with Crippen molar-refractivity contribution in [3.05, 3.63) is 28.8 Å². The Morgan fingerprint density at radius 2 is 1.79 bits per heavy atom. The monoisotopic (exact) mass is 336 g/mol. The topological polar surface area (TPSA) is 72.8 Å². The van der Waals surface area contributed by atoms with Crippen LogP contribution in [0.15, 0.2) is 12.1 Å².